The van der Waals surface area contributed by atoms with Gasteiger partial charge in [0.15, 0.2) is 0 Å². The fraction of sp³-hybridized carbons (Fsp3) is 0.333. The number of halogens is 1. The Morgan fingerprint density at radius 3 is 2.67 bits per heavy atom. The summed E-state index contributed by atoms with van der Waals surface area (Å²) in [6.07, 6.45) is 0.865. The first-order valence-electron chi connectivity index (χ1n) is 4.82. The van der Waals surface area contributed by atoms with Crippen LogP contribution in [0.25, 0.3) is 0 Å². The minimum Gasteiger partial charge on any atom is -0.394 e. The van der Waals surface area contributed by atoms with E-state index in [0.717, 1.165) is 12.3 Å². The van der Waals surface area contributed by atoms with Crippen LogP contribution in [0.2, 0.25) is 5.15 Å². The molecule has 98 valence electrons. The predicted molar refractivity (Wildman–Crippen MR) is 61.3 cm³/mol. The molecule has 1 aromatic heterocycles. The lowest BCUT2D eigenvalue weighted by Gasteiger charge is -2.13. The molecule has 0 aliphatic rings. The number of hydrogen-bond acceptors (Lipinski definition) is 6. The molecule has 0 radical (unpaired) electrons. The number of carbonyl (C=O) groups is 1. The highest BCUT2D eigenvalue weighted by atomic mass is 35.5. The van der Waals surface area contributed by atoms with Crippen molar-refractivity contribution >= 4 is 23.2 Å². The summed E-state index contributed by atoms with van der Waals surface area (Å²) in [6, 6.07) is 0.143. The molecule has 0 spiro atoms. The Morgan fingerprint density at radius 1 is 1.56 bits per heavy atom. The second kappa shape index (κ2) is 6.24. The van der Waals surface area contributed by atoms with Gasteiger partial charge in [0.05, 0.1) is 24.2 Å². The van der Waals surface area contributed by atoms with Crippen LogP contribution in [0, 0.1) is 10.1 Å². The number of nitro groups is 1. The van der Waals surface area contributed by atoms with Crippen molar-refractivity contribution < 1.29 is 19.9 Å². The normalized spacial score (nSPS) is 10.4. The van der Waals surface area contributed by atoms with Crippen molar-refractivity contribution in [2.45, 2.75) is 6.04 Å². The van der Waals surface area contributed by atoms with Crippen LogP contribution in [0.4, 0.5) is 5.69 Å². The SMILES string of the molecule is O=C(NC(CO)CO)c1cc(Cl)ncc1[N+](=O)[O-]. The van der Waals surface area contributed by atoms with Crippen LogP contribution < -0.4 is 5.32 Å². The highest BCUT2D eigenvalue weighted by Crippen LogP contribution is 2.20. The summed E-state index contributed by atoms with van der Waals surface area (Å²) in [5.41, 5.74) is -0.793. The number of nitrogens with one attached hydrogen (secondary N) is 1. The van der Waals surface area contributed by atoms with E-state index < -0.39 is 35.8 Å². The molecule has 9 heteroatoms. The van der Waals surface area contributed by atoms with Gasteiger partial charge >= 0.3 is 0 Å². The maximum Gasteiger partial charge on any atom is 0.300 e. The third-order valence-corrected chi connectivity index (χ3v) is 2.27. The molecule has 0 fully saturated rings. The standard InChI is InChI=1S/C9H10ClN3O5/c10-8-1-6(7(2-11-8)13(17)18)9(16)12-5(3-14)4-15/h1-2,5,14-15H,3-4H2,(H,12,16). The highest BCUT2D eigenvalue weighted by Gasteiger charge is 2.23. The van der Waals surface area contributed by atoms with Gasteiger partial charge in [0, 0.05) is 0 Å². The molecule has 0 aliphatic carbocycles. The number of rotatable bonds is 5. The van der Waals surface area contributed by atoms with Gasteiger partial charge in [-0.1, -0.05) is 11.6 Å². The summed E-state index contributed by atoms with van der Waals surface area (Å²) in [6.45, 7) is -0.982. The second-order valence-electron chi connectivity index (χ2n) is 3.32. The quantitative estimate of drug-likeness (QED) is 0.386. The van der Waals surface area contributed by atoms with Gasteiger partial charge in [0.2, 0.25) is 0 Å². The highest BCUT2D eigenvalue weighted by molar-refractivity contribution is 6.29. The Labute approximate surface area is 106 Å². The minimum absolute atomic E-state index is 0.0738. The molecule has 0 saturated carbocycles. The van der Waals surface area contributed by atoms with Crippen LogP contribution in [0.5, 0.6) is 0 Å². The Balaban J connectivity index is 3.03. The van der Waals surface area contributed by atoms with E-state index in [0.29, 0.717) is 0 Å². The van der Waals surface area contributed by atoms with Crippen molar-refractivity contribution in [3.63, 3.8) is 0 Å². The number of hydrogen-bond donors (Lipinski definition) is 3. The lowest BCUT2D eigenvalue weighted by molar-refractivity contribution is -0.385. The van der Waals surface area contributed by atoms with Crippen molar-refractivity contribution in [3.05, 3.63) is 33.1 Å². The third kappa shape index (κ3) is 3.36. The van der Waals surface area contributed by atoms with E-state index in [1.807, 2.05) is 0 Å². The van der Waals surface area contributed by atoms with Crippen LogP contribution in [0.3, 0.4) is 0 Å². The molecule has 0 bridgehead atoms. The first kappa shape index (κ1) is 14.3. The number of aliphatic hydroxyl groups excluding tert-OH is 2. The van der Waals surface area contributed by atoms with Gasteiger partial charge in [-0.15, -0.1) is 0 Å². The zero-order valence-electron chi connectivity index (χ0n) is 9.04. The molecule has 0 aromatic carbocycles. The molecule has 1 amide bonds. The van der Waals surface area contributed by atoms with Gasteiger partial charge in [-0.05, 0) is 6.07 Å². The van der Waals surface area contributed by atoms with Crippen molar-refractivity contribution in [1.29, 1.82) is 0 Å². The zero-order chi connectivity index (χ0) is 13.7. The number of amides is 1. The van der Waals surface area contributed by atoms with Gasteiger partial charge in [0.25, 0.3) is 11.6 Å². The molecule has 1 rings (SSSR count). The van der Waals surface area contributed by atoms with Gasteiger partial charge in [-0.2, -0.15) is 0 Å². The number of aliphatic hydroxyl groups is 2. The van der Waals surface area contributed by atoms with Crippen LogP contribution in [-0.4, -0.2) is 45.3 Å². The minimum atomic E-state index is -0.899. The maximum absolute atomic E-state index is 11.7. The predicted octanol–water partition coefficient (Wildman–Crippen LogP) is -0.274. The molecule has 18 heavy (non-hydrogen) atoms. The number of nitrogens with zero attached hydrogens (tertiary/aromatic N) is 2. The van der Waals surface area contributed by atoms with E-state index in [9.17, 15) is 14.9 Å². The zero-order valence-corrected chi connectivity index (χ0v) is 9.79. The van der Waals surface area contributed by atoms with Gasteiger partial charge < -0.3 is 15.5 Å². The molecular weight excluding hydrogens is 266 g/mol. The molecule has 3 N–H and O–H groups in total. The Hall–Kier alpha value is -1.77. The molecule has 0 aliphatic heterocycles. The molecule has 0 saturated heterocycles. The van der Waals surface area contributed by atoms with Gasteiger partial charge in [-0.25, -0.2) is 4.98 Å². The van der Waals surface area contributed by atoms with Crippen molar-refractivity contribution in [2.24, 2.45) is 0 Å². The van der Waals surface area contributed by atoms with Crippen LogP contribution in [0.1, 0.15) is 10.4 Å². The fourth-order valence-electron chi connectivity index (χ4n) is 1.16. The summed E-state index contributed by atoms with van der Waals surface area (Å²) >= 11 is 5.56. The van der Waals surface area contributed by atoms with Crippen LogP contribution in [-0.2, 0) is 0 Å². The van der Waals surface area contributed by atoms with Crippen molar-refractivity contribution in [2.75, 3.05) is 13.2 Å². The monoisotopic (exact) mass is 275 g/mol. The van der Waals surface area contributed by atoms with Gasteiger partial charge in [0.1, 0.15) is 16.9 Å². The Morgan fingerprint density at radius 2 is 2.17 bits per heavy atom. The van der Waals surface area contributed by atoms with Crippen LogP contribution in [0.15, 0.2) is 12.3 Å². The van der Waals surface area contributed by atoms with E-state index in [1.54, 1.807) is 0 Å². The van der Waals surface area contributed by atoms with Gasteiger partial charge in [-0.3, -0.25) is 14.9 Å². The lowest BCUT2D eigenvalue weighted by atomic mass is 10.2. The summed E-state index contributed by atoms with van der Waals surface area (Å²) in [4.78, 5) is 25.2. The number of pyridine rings is 1. The van der Waals surface area contributed by atoms with E-state index in [1.165, 1.54) is 0 Å². The average molecular weight is 276 g/mol. The summed E-state index contributed by atoms with van der Waals surface area (Å²) in [5, 5.41) is 30.5. The van der Waals surface area contributed by atoms with Crippen molar-refractivity contribution in [3.8, 4) is 0 Å². The first-order chi connectivity index (χ1) is 8.49. The van der Waals surface area contributed by atoms with E-state index in [2.05, 4.69) is 10.3 Å². The summed E-state index contributed by atoms with van der Waals surface area (Å²) < 4.78 is 0. The molecule has 0 unspecified atom stereocenters. The first-order valence-corrected chi connectivity index (χ1v) is 5.20. The smallest absolute Gasteiger partial charge is 0.300 e. The molecule has 8 nitrogen and oxygen atoms in total. The lowest BCUT2D eigenvalue weighted by Crippen LogP contribution is -2.40. The molecular formula is C9H10ClN3O5. The topological polar surface area (TPSA) is 126 Å². The maximum atomic E-state index is 11.7. The van der Waals surface area contributed by atoms with E-state index in [4.69, 9.17) is 21.8 Å². The molecule has 1 heterocycles. The number of carbonyl (C=O) groups excluding carboxylic acids is 1. The van der Waals surface area contributed by atoms with E-state index in [-0.39, 0.29) is 10.7 Å². The molecule has 0 atom stereocenters. The largest absolute Gasteiger partial charge is 0.394 e. The summed E-state index contributed by atoms with van der Waals surface area (Å²) in [5.74, 6) is -0.820. The molecule has 1 aromatic rings. The van der Waals surface area contributed by atoms with E-state index >= 15 is 0 Å². The Bertz CT molecular complexity index is 464. The number of aromatic nitrogens is 1. The third-order valence-electron chi connectivity index (χ3n) is 2.07. The summed E-state index contributed by atoms with van der Waals surface area (Å²) in [7, 11) is 0. The second-order valence-corrected chi connectivity index (χ2v) is 3.70. The fourth-order valence-corrected chi connectivity index (χ4v) is 1.32. The average Bonchev–Trinajstić information content (AvgIpc) is 2.35. The Kier molecular flexibility index (Phi) is 4.95. The van der Waals surface area contributed by atoms with Crippen LogP contribution >= 0.6 is 11.6 Å². The van der Waals surface area contributed by atoms with Crippen molar-refractivity contribution in [1.82, 2.24) is 10.3 Å².